The second-order valence-corrected chi connectivity index (χ2v) is 8.00. The average Bonchev–Trinajstić information content (AvgIpc) is 3.28. The molecule has 0 aliphatic heterocycles. The minimum Gasteiger partial charge on any atom is -0.494 e. The van der Waals surface area contributed by atoms with Crippen LogP contribution >= 0.6 is 0 Å². The number of halogens is 3. The second-order valence-electron chi connectivity index (χ2n) is 8.00. The highest BCUT2D eigenvalue weighted by Gasteiger charge is 2.30. The Morgan fingerprint density at radius 3 is 2.47 bits per heavy atom. The Hall–Kier alpha value is -4.60. The van der Waals surface area contributed by atoms with E-state index in [0.717, 1.165) is 23.1 Å². The first kappa shape index (κ1) is 23.2. The lowest BCUT2D eigenvalue weighted by Gasteiger charge is -2.13. The molecule has 36 heavy (non-hydrogen) atoms. The quantitative estimate of drug-likeness (QED) is 0.317. The van der Waals surface area contributed by atoms with Crippen molar-refractivity contribution in [3.05, 3.63) is 90.1 Å². The maximum atomic E-state index is 13.2. The van der Waals surface area contributed by atoms with Gasteiger partial charge in [-0.05, 0) is 29.8 Å². The maximum Gasteiger partial charge on any atom is 0.416 e. The molecule has 182 valence electrons. The van der Waals surface area contributed by atoms with Crippen LogP contribution in [0.15, 0.2) is 79.0 Å². The van der Waals surface area contributed by atoms with Crippen molar-refractivity contribution in [2.75, 3.05) is 18.2 Å². The third-order valence-corrected chi connectivity index (χ3v) is 5.63. The Balaban J connectivity index is 1.59. The van der Waals surface area contributed by atoms with E-state index >= 15 is 0 Å². The Kier molecular flexibility index (Phi) is 5.93. The van der Waals surface area contributed by atoms with Crippen molar-refractivity contribution in [3.63, 3.8) is 0 Å². The highest BCUT2D eigenvalue weighted by Crippen LogP contribution is 2.33. The molecular formula is C26H21F3N6O. The van der Waals surface area contributed by atoms with Gasteiger partial charge >= 0.3 is 6.18 Å². The number of para-hydroxylation sites is 1. The summed E-state index contributed by atoms with van der Waals surface area (Å²) in [5.74, 6) is 1.32. The first-order chi connectivity index (χ1) is 17.3. The molecule has 0 fully saturated rings. The summed E-state index contributed by atoms with van der Waals surface area (Å²) in [6.45, 7) is 0.512. The molecule has 0 unspecified atom stereocenters. The molecule has 3 N–H and O–H groups in total. The fourth-order valence-corrected chi connectivity index (χ4v) is 3.85. The standard InChI is InChI=1S/C26H21F3N6O/c1-36-21-12-6-11-19-22(21)33-25(34-23(19)31-14-16-7-3-2-4-8-16)35-15-20(32-24(35)30)17-9-5-10-18(13-17)26(27,28)29/h2-13,15H,14H2,1H3,(H2,30,32)(H,31,33,34). The minimum atomic E-state index is -4.47. The van der Waals surface area contributed by atoms with Gasteiger partial charge in [-0.1, -0.05) is 48.5 Å². The van der Waals surface area contributed by atoms with Gasteiger partial charge in [-0.2, -0.15) is 18.2 Å². The number of ether oxygens (including phenoxy) is 1. The lowest BCUT2D eigenvalue weighted by Crippen LogP contribution is -2.09. The van der Waals surface area contributed by atoms with Crippen LogP contribution in [0, 0.1) is 0 Å². The van der Waals surface area contributed by atoms with E-state index in [1.165, 1.54) is 16.8 Å². The Labute approximate surface area is 204 Å². The summed E-state index contributed by atoms with van der Waals surface area (Å²) in [7, 11) is 1.55. The molecule has 0 saturated carbocycles. The summed E-state index contributed by atoms with van der Waals surface area (Å²) in [4.78, 5) is 13.6. The predicted molar refractivity (Wildman–Crippen MR) is 132 cm³/mol. The highest BCUT2D eigenvalue weighted by atomic mass is 19.4. The van der Waals surface area contributed by atoms with Gasteiger partial charge in [0.05, 0.1) is 18.4 Å². The molecule has 0 bridgehead atoms. The smallest absolute Gasteiger partial charge is 0.416 e. The molecule has 5 rings (SSSR count). The molecule has 7 nitrogen and oxygen atoms in total. The van der Waals surface area contributed by atoms with Gasteiger partial charge in [0.25, 0.3) is 0 Å². The van der Waals surface area contributed by atoms with E-state index in [1.54, 1.807) is 19.2 Å². The number of rotatable bonds is 6. The Bertz CT molecular complexity index is 1530. The van der Waals surface area contributed by atoms with Gasteiger partial charge in [0.15, 0.2) is 0 Å². The van der Waals surface area contributed by atoms with Crippen molar-refractivity contribution < 1.29 is 17.9 Å². The number of hydrogen-bond acceptors (Lipinski definition) is 6. The van der Waals surface area contributed by atoms with Crippen molar-refractivity contribution in [3.8, 4) is 23.0 Å². The normalized spacial score (nSPS) is 11.6. The molecule has 0 amide bonds. The lowest BCUT2D eigenvalue weighted by molar-refractivity contribution is -0.137. The number of anilines is 2. The molecule has 0 aliphatic carbocycles. The summed E-state index contributed by atoms with van der Waals surface area (Å²) >= 11 is 0. The van der Waals surface area contributed by atoms with E-state index in [1.807, 2.05) is 42.5 Å². The number of nitrogens with one attached hydrogen (secondary N) is 1. The molecule has 0 atom stereocenters. The number of imidazole rings is 1. The summed E-state index contributed by atoms with van der Waals surface area (Å²) in [6, 6.07) is 20.2. The molecule has 2 heterocycles. The van der Waals surface area contributed by atoms with Crippen LogP contribution in [0.3, 0.4) is 0 Å². The van der Waals surface area contributed by atoms with E-state index in [4.69, 9.17) is 10.5 Å². The predicted octanol–water partition coefficient (Wildman–Crippen LogP) is 5.70. The summed E-state index contributed by atoms with van der Waals surface area (Å²) in [5.41, 5.74) is 7.54. The maximum absolute atomic E-state index is 13.2. The molecule has 0 radical (unpaired) electrons. The molecule has 10 heteroatoms. The fourth-order valence-electron chi connectivity index (χ4n) is 3.85. The molecule has 5 aromatic rings. The van der Waals surface area contributed by atoms with Gasteiger partial charge in [-0.15, -0.1) is 0 Å². The van der Waals surface area contributed by atoms with Gasteiger partial charge in [0.1, 0.15) is 17.1 Å². The van der Waals surface area contributed by atoms with Gasteiger partial charge in [-0.25, -0.2) is 9.97 Å². The Morgan fingerprint density at radius 1 is 0.944 bits per heavy atom. The number of aromatic nitrogens is 4. The largest absolute Gasteiger partial charge is 0.494 e. The zero-order valence-corrected chi connectivity index (χ0v) is 19.1. The van der Waals surface area contributed by atoms with Crippen molar-refractivity contribution in [2.45, 2.75) is 12.7 Å². The zero-order chi connectivity index (χ0) is 25.3. The molecular weight excluding hydrogens is 469 g/mol. The number of benzene rings is 3. The van der Waals surface area contributed by atoms with Crippen LogP contribution < -0.4 is 15.8 Å². The van der Waals surface area contributed by atoms with Crippen molar-refractivity contribution >= 4 is 22.7 Å². The van der Waals surface area contributed by atoms with E-state index in [0.29, 0.717) is 23.6 Å². The topological polar surface area (TPSA) is 90.9 Å². The molecule has 3 aromatic carbocycles. The third kappa shape index (κ3) is 4.52. The van der Waals surface area contributed by atoms with Gasteiger partial charge in [0.2, 0.25) is 11.9 Å². The first-order valence-corrected chi connectivity index (χ1v) is 11.0. The van der Waals surface area contributed by atoms with E-state index in [-0.39, 0.29) is 23.2 Å². The first-order valence-electron chi connectivity index (χ1n) is 11.0. The zero-order valence-electron chi connectivity index (χ0n) is 19.1. The summed E-state index contributed by atoms with van der Waals surface area (Å²) < 4.78 is 46.6. The molecule has 2 aromatic heterocycles. The minimum absolute atomic E-state index is 0.0330. The highest BCUT2D eigenvalue weighted by molar-refractivity contribution is 5.93. The van der Waals surface area contributed by atoms with Crippen LogP contribution in [0.1, 0.15) is 11.1 Å². The van der Waals surface area contributed by atoms with Crippen molar-refractivity contribution in [2.24, 2.45) is 0 Å². The number of hydrogen-bond donors (Lipinski definition) is 2. The van der Waals surface area contributed by atoms with Crippen molar-refractivity contribution in [1.82, 2.24) is 19.5 Å². The van der Waals surface area contributed by atoms with Gasteiger partial charge in [-0.3, -0.25) is 4.57 Å². The monoisotopic (exact) mass is 490 g/mol. The molecule has 0 saturated heterocycles. The number of nitrogens with zero attached hydrogens (tertiary/aromatic N) is 4. The van der Waals surface area contributed by atoms with Crippen LogP contribution in [-0.4, -0.2) is 26.6 Å². The molecule has 0 spiro atoms. The summed E-state index contributed by atoms with van der Waals surface area (Å²) in [5, 5.41) is 4.08. The average molecular weight is 490 g/mol. The number of fused-ring (bicyclic) bond motifs is 1. The fraction of sp³-hybridized carbons (Fsp3) is 0.115. The van der Waals surface area contributed by atoms with Crippen LogP contribution in [0.4, 0.5) is 24.9 Å². The van der Waals surface area contributed by atoms with Crippen LogP contribution in [-0.2, 0) is 12.7 Å². The van der Waals surface area contributed by atoms with Crippen LogP contribution in [0.2, 0.25) is 0 Å². The van der Waals surface area contributed by atoms with Gasteiger partial charge < -0.3 is 15.8 Å². The van der Waals surface area contributed by atoms with E-state index in [9.17, 15) is 13.2 Å². The van der Waals surface area contributed by atoms with Gasteiger partial charge in [0, 0.05) is 23.7 Å². The molecule has 0 aliphatic rings. The third-order valence-electron chi connectivity index (χ3n) is 5.63. The summed E-state index contributed by atoms with van der Waals surface area (Å²) in [6.07, 6.45) is -2.95. The van der Waals surface area contributed by atoms with Crippen molar-refractivity contribution in [1.29, 1.82) is 0 Å². The van der Waals surface area contributed by atoms with E-state index < -0.39 is 11.7 Å². The second kappa shape index (κ2) is 9.21. The lowest BCUT2D eigenvalue weighted by atomic mass is 10.1. The van der Waals surface area contributed by atoms with Crippen LogP contribution in [0.5, 0.6) is 5.75 Å². The SMILES string of the molecule is COc1cccc2c(NCc3ccccc3)nc(-n3cc(-c4cccc(C(F)(F)F)c4)nc3N)nc12. The number of nitrogens with two attached hydrogens (primary N) is 1. The number of methoxy groups -OCH3 is 1. The Morgan fingerprint density at radius 2 is 1.72 bits per heavy atom. The number of nitrogen functional groups attached to an aromatic ring is 1. The van der Waals surface area contributed by atoms with Crippen LogP contribution in [0.25, 0.3) is 28.1 Å². The number of alkyl halides is 3. The van der Waals surface area contributed by atoms with E-state index in [2.05, 4.69) is 20.3 Å².